The lowest BCUT2D eigenvalue weighted by Crippen LogP contribution is -2.43. The van der Waals surface area contributed by atoms with Crippen molar-refractivity contribution < 1.29 is 14.3 Å². The highest BCUT2D eigenvalue weighted by atomic mass is 32.2. The van der Waals surface area contributed by atoms with Gasteiger partial charge in [-0.05, 0) is 31.2 Å². The summed E-state index contributed by atoms with van der Waals surface area (Å²) < 4.78 is 5.80. The summed E-state index contributed by atoms with van der Waals surface area (Å²) in [5.41, 5.74) is 1.70. The molecule has 5 heteroatoms. The number of nitrogens with zero attached hydrogens (tertiary/aromatic N) is 1. The van der Waals surface area contributed by atoms with Gasteiger partial charge in [-0.15, -0.1) is 11.8 Å². The summed E-state index contributed by atoms with van der Waals surface area (Å²) in [4.78, 5) is 28.7. The molecule has 1 fully saturated rings. The second-order valence-corrected chi connectivity index (χ2v) is 8.08. The monoisotopic (exact) mass is 379 g/mol. The van der Waals surface area contributed by atoms with Crippen molar-refractivity contribution in [3.63, 3.8) is 0 Å². The molecular weight excluding hydrogens is 358 g/mol. The number of hydrogen-bond acceptors (Lipinski definition) is 4. The number of carbonyl (C=O) groups excluding carboxylic acids is 2. The van der Waals surface area contributed by atoms with E-state index in [1.54, 1.807) is 31.0 Å². The summed E-state index contributed by atoms with van der Waals surface area (Å²) in [5, 5.41) is -0.00822. The van der Waals surface area contributed by atoms with E-state index in [2.05, 4.69) is 12.1 Å². The first kappa shape index (κ1) is 18.0. The topological polar surface area (TPSA) is 46.6 Å². The Labute approximate surface area is 163 Å². The van der Waals surface area contributed by atoms with Crippen LogP contribution in [0.3, 0.4) is 0 Å². The molecule has 1 aliphatic heterocycles. The Morgan fingerprint density at radius 1 is 0.926 bits per heavy atom. The fraction of sp³-hybridized carbons (Fsp3) is 0.273. The van der Waals surface area contributed by atoms with Gasteiger partial charge in [0.1, 0.15) is 0 Å². The van der Waals surface area contributed by atoms with Crippen LogP contribution in [-0.4, -0.2) is 30.3 Å². The second kappa shape index (κ2) is 7.33. The van der Waals surface area contributed by atoms with Crippen molar-refractivity contribution in [2.75, 3.05) is 12.0 Å². The summed E-state index contributed by atoms with van der Waals surface area (Å²) in [6.45, 7) is 2.02. The van der Waals surface area contributed by atoms with E-state index in [1.807, 2.05) is 49.4 Å². The molecule has 0 saturated carbocycles. The molecule has 0 radical (unpaired) electrons. The molecule has 4 atom stereocenters. The predicted molar refractivity (Wildman–Crippen MR) is 107 cm³/mol. The number of imide groups is 1. The van der Waals surface area contributed by atoms with Gasteiger partial charge in [0.25, 0.3) is 0 Å². The number of para-hydroxylation sites is 1. The molecule has 2 aromatic rings. The first-order chi connectivity index (χ1) is 13.1. The molecule has 0 bridgehead atoms. The minimum absolute atomic E-state index is 0.00822. The van der Waals surface area contributed by atoms with Crippen LogP contribution in [0.15, 0.2) is 77.2 Å². The second-order valence-electron chi connectivity index (χ2n) is 6.86. The molecular formula is C22H21NO3S. The third kappa shape index (κ3) is 3.11. The smallest absolute Gasteiger partial charge is 0.241 e. The normalized spacial score (nSPS) is 27.5. The minimum atomic E-state index is -0.493. The summed E-state index contributed by atoms with van der Waals surface area (Å²) in [7, 11) is 1.63. The van der Waals surface area contributed by atoms with Crippen LogP contribution < -0.4 is 4.90 Å². The SMILES string of the molecule is CO[C@H]1[C@H]2C(=O)N(c3ccccc3)C(=O)[C@H]2C=C(C)[C@H]1Sc1ccccc1. The summed E-state index contributed by atoms with van der Waals surface area (Å²) in [6.07, 6.45) is 1.61. The molecule has 2 amide bonds. The highest BCUT2D eigenvalue weighted by Crippen LogP contribution is 2.45. The van der Waals surface area contributed by atoms with Gasteiger partial charge >= 0.3 is 0 Å². The molecule has 2 aliphatic rings. The summed E-state index contributed by atoms with van der Waals surface area (Å²) >= 11 is 1.68. The minimum Gasteiger partial charge on any atom is -0.379 e. The summed E-state index contributed by atoms with van der Waals surface area (Å²) in [5.74, 6) is -1.30. The van der Waals surface area contributed by atoms with Crippen LogP contribution in [0.4, 0.5) is 5.69 Å². The maximum absolute atomic E-state index is 13.2. The lowest BCUT2D eigenvalue weighted by Gasteiger charge is -2.35. The van der Waals surface area contributed by atoms with Gasteiger partial charge in [0.05, 0.1) is 28.9 Å². The Morgan fingerprint density at radius 2 is 1.56 bits per heavy atom. The number of anilines is 1. The maximum Gasteiger partial charge on any atom is 0.241 e. The molecule has 0 unspecified atom stereocenters. The van der Waals surface area contributed by atoms with Crippen LogP contribution in [0.25, 0.3) is 0 Å². The van der Waals surface area contributed by atoms with Crippen molar-refractivity contribution in [3.05, 3.63) is 72.3 Å². The number of rotatable bonds is 4. The molecule has 1 aliphatic carbocycles. The maximum atomic E-state index is 13.2. The van der Waals surface area contributed by atoms with Gasteiger partial charge < -0.3 is 4.74 Å². The highest BCUT2D eigenvalue weighted by Gasteiger charge is 2.55. The molecule has 0 aromatic heterocycles. The van der Waals surface area contributed by atoms with Crippen molar-refractivity contribution in [2.24, 2.45) is 11.8 Å². The van der Waals surface area contributed by atoms with E-state index in [0.29, 0.717) is 5.69 Å². The van der Waals surface area contributed by atoms with Crippen LogP contribution in [0, 0.1) is 11.8 Å². The van der Waals surface area contributed by atoms with E-state index >= 15 is 0 Å². The van der Waals surface area contributed by atoms with E-state index in [9.17, 15) is 9.59 Å². The van der Waals surface area contributed by atoms with Gasteiger partial charge in [-0.25, -0.2) is 4.90 Å². The Morgan fingerprint density at radius 3 is 2.19 bits per heavy atom. The van der Waals surface area contributed by atoms with Gasteiger partial charge in [0.15, 0.2) is 0 Å². The third-order valence-electron chi connectivity index (χ3n) is 5.23. The lowest BCUT2D eigenvalue weighted by atomic mass is 9.80. The molecule has 4 rings (SSSR count). The zero-order chi connectivity index (χ0) is 19.0. The van der Waals surface area contributed by atoms with E-state index < -0.39 is 11.8 Å². The zero-order valence-electron chi connectivity index (χ0n) is 15.2. The highest BCUT2D eigenvalue weighted by molar-refractivity contribution is 8.00. The van der Waals surface area contributed by atoms with Gasteiger partial charge in [-0.3, -0.25) is 9.59 Å². The number of ether oxygens (including phenoxy) is 1. The fourth-order valence-electron chi connectivity index (χ4n) is 3.97. The Kier molecular flexibility index (Phi) is 4.89. The van der Waals surface area contributed by atoms with Crippen LogP contribution in [0.2, 0.25) is 0 Å². The van der Waals surface area contributed by atoms with Gasteiger partial charge in [-0.2, -0.15) is 0 Å². The number of fused-ring (bicyclic) bond motifs is 1. The zero-order valence-corrected chi connectivity index (χ0v) is 16.1. The first-order valence-corrected chi connectivity index (χ1v) is 9.85. The molecule has 4 nitrogen and oxygen atoms in total. The Bertz CT molecular complexity index is 881. The van der Waals surface area contributed by atoms with Crippen molar-refractivity contribution in [2.45, 2.75) is 23.2 Å². The number of hydrogen-bond donors (Lipinski definition) is 0. The number of carbonyl (C=O) groups is 2. The average molecular weight is 379 g/mol. The molecule has 1 saturated heterocycles. The molecule has 2 aromatic carbocycles. The van der Waals surface area contributed by atoms with Crippen LogP contribution in [-0.2, 0) is 14.3 Å². The van der Waals surface area contributed by atoms with Crippen molar-refractivity contribution in [1.29, 1.82) is 0 Å². The largest absolute Gasteiger partial charge is 0.379 e. The summed E-state index contributed by atoms with van der Waals surface area (Å²) in [6, 6.07) is 19.2. The standard InChI is InChI=1S/C22H21NO3S/c1-14-13-17-18(19(26-2)20(14)27-16-11-7-4-8-12-16)22(25)23(21(17)24)15-9-5-3-6-10-15/h3-13,17-20H,1-2H3/t17-,18-,19-,20+/m0/s1. The van der Waals surface area contributed by atoms with E-state index in [4.69, 9.17) is 4.74 Å². The van der Waals surface area contributed by atoms with Crippen molar-refractivity contribution in [1.82, 2.24) is 0 Å². The third-order valence-corrected chi connectivity index (χ3v) is 6.67. The number of benzene rings is 2. The number of thioether (sulfide) groups is 1. The fourth-order valence-corrected chi connectivity index (χ4v) is 5.25. The Balaban J connectivity index is 1.69. The molecule has 138 valence electrons. The number of methoxy groups -OCH3 is 1. The van der Waals surface area contributed by atoms with Crippen LogP contribution in [0.1, 0.15) is 6.92 Å². The Hall–Kier alpha value is -2.37. The predicted octanol–water partition coefficient (Wildman–Crippen LogP) is 3.93. The number of amides is 2. The van der Waals surface area contributed by atoms with Gasteiger partial charge in [0, 0.05) is 12.0 Å². The van der Waals surface area contributed by atoms with E-state index in [1.165, 1.54) is 4.90 Å². The van der Waals surface area contributed by atoms with Crippen molar-refractivity contribution in [3.8, 4) is 0 Å². The molecule has 0 N–H and O–H groups in total. The van der Waals surface area contributed by atoms with Gasteiger partial charge in [0.2, 0.25) is 11.8 Å². The van der Waals surface area contributed by atoms with E-state index in [-0.39, 0.29) is 23.2 Å². The van der Waals surface area contributed by atoms with Crippen molar-refractivity contribution >= 4 is 29.3 Å². The quantitative estimate of drug-likeness (QED) is 0.597. The molecule has 0 spiro atoms. The van der Waals surface area contributed by atoms with E-state index in [0.717, 1.165) is 10.5 Å². The lowest BCUT2D eigenvalue weighted by molar-refractivity contribution is -0.125. The van der Waals surface area contributed by atoms with Gasteiger partial charge in [-0.1, -0.05) is 48.0 Å². The van der Waals surface area contributed by atoms with Crippen LogP contribution >= 0.6 is 11.8 Å². The average Bonchev–Trinajstić information content (AvgIpc) is 2.94. The van der Waals surface area contributed by atoms with Crippen LogP contribution in [0.5, 0.6) is 0 Å². The first-order valence-electron chi connectivity index (χ1n) is 8.97. The molecule has 27 heavy (non-hydrogen) atoms. The molecule has 1 heterocycles.